The molecule has 36 heavy (non-hydrogen) atoms. The number of unbranched alkanes of at least 4 members (excludes halogenated alkanes) is 6. The Kier molecular flexibility index (Phi) is 9.26. The van der Waals surface area contributed by atoms with E-state index < -0.39 is 0 Å². The highest BCUT2D eigenvalue weighted by atomic mass is 16.1. The Morgan fingerprint density at radius 3 is 1.92 bits per heavy atom. The molecule has 0 heterocycles. The summed E-state index contributed by atoms with van der Waals surface area (Å²) in [6.45, 7) is 11.3. The van der Waals surface area contributed by atoms with Crippen LogP contribution in [0.5, 0.6) is 0 Å². The lowest BCUT2D eigenvalue weighted by Crippen LogP contribution is -2.17. The molecule has 4 unspecified atom stereocenters. The number of carbonyl (C=O) groups excluding carboxylic acids is 1. The molecule has 4 rings (SSSR count). The quantitative estimate of drug-likeness (QED) is 0.164. The van der Waals surface area contributed by atoms with Crippen LogP contribution in [-0.2, 0) is 4.79 Å². The Morgan fingerprint density at radius 2 is 1.36 bits per heavy atom. The zero-order valence-corrected chi connectivity index (χ0v) is 23.4. The van der Waals surface area contributed by atoms with E-state index in [1.165, 1.54) is 78.5 Å². The second-order valence-corrected chi connectivity index (χ2v) is 12.1. The predicted molar refractivity (Wildman–Crippen MR) is 157 cm³/mol. The number of fused-ring (bicyclic) bond motifs is 2. The van der Waals surface area contributed by atoms with Crippen LogP contribution in [0.25, 0.3) is 21.5 Å². The first-order valence-electron chi connectivity index (χ1n) is 14.8. The second kappa shape index (κ2) is 12.4. The molecular weight excluding hydrogens is 436 g/mol. The van der Waals surface area contributed by atoms with Gasteiger partial charge in [0.05, 0.1) is 0 Å². The van der Waals surface area contributed by atoms with Gasteiger partial charge in [-0.15, -0.1) is 0 Å². The zero-order chi connectivity index (χ0) is 25.7. The van der Waals surface area contributed by atoms with Crippen LogP contribution in [0.15, 0.2) is 54.6 Å². The number of Topliss-reactive ketones (excluding diaryl/α,β-unsaturated/α-hetero) is 1. The molecule has 0 aromatic heterocycles. The number of hydrogen-bond acceptors (Lipinski definition) is 1. The molecule has 1 saturated carbocycles. The van der Waals surface area contributed by atoms with Gasteiger partial charge in [-0.2, -0.15) is 0 Å². The van der Waals surface area contributed by atoms with Gasteiger partial charge in [0.15, 0.2) is 0 Å². The minimum absolute atomic E-state index is 0.300. The van der Waals surface area contributed by atoms with Crippen molar-refractivity contribution < 1.29 is 4.79 Å². The van der Waals surface area contributed by atoms with Crippen LogP contribution in [-0.4, -0.2) is 5.78 Å². The Hall–Kier alpha value is -2.15. The van der Waals surface area contributed by atoms with E-state index in [4.69, 9.17) is 0 Å². The van der Waals surface area contributed by atoms with Crippen molar-refractivity contribution in [2.75, 3.05) is 0 Å². The molecule has 1 fully saturated rings. The molecule has 1 aliphatic rings. The maximum Gasteiger partial charge on any atom is 0.133 e. The molecule has 1 heteroatoms. The lowest BCUT2D eigenvalue weighted by atomic mass is 9.77. The fraction of sp³-hybridized carbons (Fsp3) is 0.571. The minimum atomic E-state index is 0.300. The molecule has 3 aromatic carbocycles. The largest absolute Gasteiger partial charge is 0.300 e. The third kappa shape index (κ3) is 6.04. The molecule has 0 aliphatic heterocycles. The summed E-state index contributed by atoms with van der Waals surface area (Å²) in [6, 6.07) is 20.1. The van der Waals surface area contributed by atoms with Gasteiger partial charge in [-0.3, -0.25) is 4.79 Å². The molecule has 194 valence electrons. The fourth-order valence-corrected chi connectivity index (χ4v) is 7.25. The summed E-state index contributed by atoms with van der Waals surface area (Å²) in [6.07, 6.45) is 11.9. The number of ketones is 1. The first-order valence-corrected chi connectivity index (χ1v) is 14.8. The summed E-state index contributed by atoms with van der Waals surface area (Å²) >= 11 is 0. The lowest BCUT2D eigenvalue weighted by molar-refractivity contribution is -0.118. The number of benzene rings is 3. The van der Waals surface area contributed by atoms with Crippen LogP contribution in [0.3, 0.4) is 0 Å². The second-order valence-electron chi connectivity index (χ2n) is 12.1. The zero-order valence-electron chi connectivity index (χ0n) is 23.4. The summed E-state index contributed by atoms with van der Waals surface area (Å²) in [4.78, 5) is 12.7. The van der Waals surface area contributed by atoms with Gasteiger partial charge in [-0.05, 0) is 82.5 Å². The van der Waals surface area contributed by atoms with E-state index in [9.17, 15) is 4.79 Å². The Balaban J connectivity index is 1.50. The third-order valence-corrected chi connectivity index (χ3v) is 9.12. The van der Waals surface area contributed by atoms with Gasteiger partial charge < -0.3 is 0 Å². The maximum atomic E-state index is 12.7. The van der Waals surface area contributed by atoms with Gasteiger partial charge in [0, 0.05) is 5.92 Å². The van der Waals surface area contributed by atoms with E-state index in [0.29, 0.717) is 41.3 Å². The molecule has 0 saturated heterocycles. The van der Waals surface area contributed by atoms with Crippen molar-refractivity contribution in [2.24, 2.45) is 29.6 Å². The highest BCUT2D eigenvalue weighted by Crippen LogP contribution is 2.58. The maximum absolute atomic E-state index is 12.7. The van der Waals surface area contributed by atoms with E-state index in [0.717, 1.165) is 6.42 Å². The van der Waals surface area contributed by atoms with Crippen molar-refractivity contribution in [3.8, 4) is 0 Å². The number of carbonyl (C=O) groups is 1. The normalized spacial score (nSPS) is 21.2. The van der Waals surface area contributed by atoms with Gasteiger partial charge in [-0.25, -0.2) is 0 Å². The van der Waals surface area contributed by atoms with E-state index in [-0.39, 0.29) is 0 Å². The van der Waals surface area contributed by atoms with Crippen LogP contribution in [0.2, 0.25) is 0 Å². The molecule has 0 amide bonds. The Morgan fingerprint density at radius 1 is 0.806 bits per heavy atom. The molecule has 1 nitrogen and oxygen atoms in total. The lowest BCUT2D eigenvalue weighted by Gasteiger charge is -2.27. The van der Waals surface area contributed by atoms with Crippen molar-refractivity contribution in [3.63, 3.8) is 0 Å². The molecule has 0 bridgehead atoms. The molecule has 5 atom stereocenters. The molecule has 0 spiro atoms. The van der Waals surface area contributed by atoms with Gasteiger partial charge in [0.25, 0.3) is 0 Å². The van der Waals surface area contributed by atoms with Crippen LogP contribution >= 0.6 is 0 Å². The Labute approximate surface area is 220 Å². The first-order chi connectivity index (χ1) is 17.4. The van der Waals surface area contributed by atoms with Crippen molar-refractivity contribution in [1.82, 2.24) is 0 Å². The van der Waals surface area contributed by atoms with Crippen LogP contribution in [0.1, 0.15) is 104 Å². The Bertz CT molecular complexity index is 1090. The molecule has 1 aliphatic carbocycles. The molecule has 0 radical (unpaired) electrons. The number of hydrogen-bond donors (Lipinski definition) is 0. The van der Waals surface area contributed by atoms with Gasteiger partial charge in [0.2, 0.25) is 0 Å². The van der Waals surface area contributed by atoms with Crippen molar-refractivity contribution in [3.05, 3.63) is 60.2 Å². The van der Waals surface area contributed by atoms with E-state index in [1.54, 1.807) is 0 Å². The van der Waals surface area contributed by atoms with Gasteiger partial charge in [0.1, 0.15) is 5.78 Å². The topological polar surface area (TPSA) is 17.1 Å². The average molecular weight is 485 g/mol. The van der Waals surface area contributed by atoms with Crippen LogP contribution in [0.4, 0.5) is 0 Å². The summed E-state index contributed by atoms with van der Waals surface area (Å²) in [5, 5.41) is 5.46. The van der Waals surface area contributed by atoms with Crippen molar-refractivity contribution in [1.29, 1.82) is 0 Å². The van der Waals surface area contributed by atoms with Crippen molar-refractivity contribution in [2.45, 2.75) is 98.3 Å². The fourth-order valence-electron chi connectivity index (χ4n) is 7.25. The summed E-state index contributed by atoms with van der Waals surface area (Å²) in [5.41, 5.74) is 1.50. The standard InChI is InChI=1S/C35H48O/c1-6-7-8-9-10-11-12-21-31-34(26(5)36)35(31)32(24(2)3)22-25(4)33-29-19-15-13-17-27(29)23-28-18-14-16-20-30(28)33/h13-20,23-25,31-32,34-35H,6-12,21-22H2,1-5H3/t25?,31?,32-,34?,35?/m1/s1. The predicted octanol–water partition coefficient (Wildman–Crippen LogP) is 10.4. The third-order valence-electron chi connectivity index (χ3n) is 9.12. The van der Waals surface area contributed by atoms with E-state index in [2.05, 4.69) is 82.3 Å². The van der Waals surface area contributed by atoms with Gasteiger partial charge in [-0.1, -0.05) is 121 Å². The molecule has 3 aromatic rings. The highest BCUT2D eigenvalue weighted by molar-refractivity contribution is 6.02. The van der Waals surface area contributed by atoms with E-state index >= 15 is 0 Å². The smallest absolute Gasteiger partial charge is 0.133 e. The minimum Gasteiger partial charge on any atom is -0.300 e. The van der Waals surface area contributed by atoms with Crippen LogP contribution < -0.4 is 0 Å². The van der Waals surface area contributed by atoms with E-state index in [1.807, 2.05) is 6.92 Å². The summed E-state index contributed by atoms with van der Waals surface area (Å²) < 4.78 is 0. The molecular formula is C35H48O. The average Bonchev–Trinajstić information content (AvgIpc) is 3.58. The van der Waals surface area contributed by atoms with Gasteiger partial charge >= 0.3 is 0 Å². The number of rotatable bonds is 14. The SMILES string of the molecule is CCCCCCCCCC1C(C(C)=O)C1[C@H](CC(C)c1c2ccccc2cc2ccccc12)C(C)C. The van der Waals surface area contributed by atoms with Crippen molar-refractivity contribution >= 4 is 27.3 Å². The first kappa shape index (κ1) is 26.9. The molecule has 0 N–H and O–H groups in total. The highest BCUT2D eigenvalue weighted by Gasteiger charge is 2.56. The summed E-state index contributed by atoms with van der Waals surface area (Å²) in [5.74, 6) is 3.57. The summed E-state index contributed by atoms with van der Waals surface area (Å²) in [7, 11) is 0. The van der Waals surface area contributed by atoms with Crippen LogP contribution in [0, 0.1) is 29.6 Å². The monoisotopic (exact) mass is 484 g/mol.